The summed E-state index contributed by atoms with van der Waals surface area (Å²) in [6.45, 7) is 4.02. The van der Waals surface area contributed by atoms with E-state index in [1.165, 1.54) is 6.07 Å². The lowest BCUT2D eigenvalue weighted by atomic mass is 10.0. The minimum absolute atomic E-state index is 0.0908. The first-order chi connectivity index (χ1) is 8.62. The molecule has 1 rings (SSSR count). The number of benzene rings is 1. The number of aliphatic hydroxyl groups excluding tert-OH is 1. The zero-order chi connectivity index (χ0) is 13.5. The van der Waals surface area contributed by atoms with Crippen molar-refractivity contribution in [3.63, 3.8) is 0 Å². The largest absolute Gasteiger partial charge is 0.396 e. The molecule has 2 unspecified atom stereocenters. The molecule has 0 bridgehead atoms. The predicted molar refractivity (Wildman–Crippen MR) is 68.3 cm³/mol. The lowest BCUT2D eigenvalue weighted by Crippen LogP contribution is -2.33. The van der Waals surface area contributed by atoms with E-state index in [9.17, 15) is 8.78 Å². The first-order valence-corrected chi connectivity index (χ1v) is 6.44. The maximum absolute atomic E-state index is 13.7. The highest BCUT2D eigenvalue weighted by Gasteiger charge is 2.18. The molecule has 0 radical (unpaired) electrons. The molecule has 2 nitrogen and oxygen atoms in total. The van der Waals surface area contributed by atoms with Gasteiger partial charge in [-0.1, -0.05) is 13.8 Å². The standard InChI is InChI=1S/C14H21F2NO/c1-3-11(7-8-18)17-14(4-2)12-9-10(15)5-6-13(12)16/h5-6,9,11,14,17-18H,3-4,7-8H2,1-2H3. The van der Waals surface area contributed by atoms with Crippen LogP contribution in [-0.2, 0) is 0 Å². The van der Waals surface area contributed by atoms with Crippen LogP contribution < -0.4 is 5.32 Å². The summed E-state index contributed by atoms with van der Waals surface area (Å²) in [5, 5.41) is 12.2. The van der Waals surface area contributed by atoms with E-state index in [1.54, 1.807) is 0 Å². The molecule has 0 aromatic heterocycles. The summed E-state index contributed by atoms with van der Waals surface area (Å²) in [4.78, 5) is 0. The van der Waals surface area contributed by atoms with Gasteiger partial charge in [-0.2, -0.15) is 0 Å². The van der Waals surface area contributed by atoms with Gasteiger partial charge in [-0.25, -0.2) is 8.78 Å². The Morgan fingerprint density at radius 1 is 1.22 bits per heavy atom. The van der Waals surface area contributed by atoms with E-state index in [0.717, 1.165) is 18.6 Å². The second kappa shape index (κ2) is 7.44. The Morgan fingerprint density at radius 2 is 1.94 bits per heavy atom. The highest BCUT2D eigenvalue weighted by Crippen LogP contribution is 2.22. The van der Waals surface area contributed by atoms with Crippen LogP contribution in [0.3, 0.4) is 0 Å². The number of hydrogen-bond acceptors (Lipinski definition) is 2. The second-order valence-corrected chi connectivity index (χ2v) is 4.41. The minimum atomic E-state index is -0.429. The molecule has 0 heterocycles. The maximum atomic E-state index is 13.7. The van der Waals surface area contributed by atoms with Gasteiger partial charge < -0.3 is 10.4 Å². The number of hydrogen-bond donors (Lipinski definition) is 2. The molecule has 2 atom stereocenters. The number of rotatable bonds is 7. The third-order valence-electron chi connectivity index (χ3n) is 3.15. The molecule has 1 aromatic rings. The fourth-order valence-corrected chi connectivity index (χ4v) is 2.05. The van der Waals surface area contributed by atoms with E-state index in [2.05, 4.69) is 5.32 Å². The van der Waals surface area contributed by atoms with Gasteiger partial charge >= 0.3 is 0 Å². The second-order valence-electron chi connectivity index (χ2n) is 4.41. The van der Waals surface area contributed by atoms with Gasteiger partial charge in [0.2, 0.25) is 0 Å². The highest BCUT2D eigenvalue weighted by atomic mass is 19.1. The van der Waals surface area contributed by atoms with Crippen LogP contribution in [0.25, 0.3) is 0 Å². The van der Waals surface area contributed by atoms with E-state index >= 15 is 0 Å². The SMILES string of the molecule is CCC(CCO)NC(CC)c1cc(F)ccc1F. The fraction of sp³-hybridized carbons (Fsp3) is 0.571. The van der Waals surface area contributed by atoms with Crippen LogP contribution in [-0.4, -0.2) is 17.8 Å². The Morgan fingerprint density at radius 3 is 2.50 bits per heavy atom. The van der Waals surface area contributed by atoms with E-state index in [1.807, 2.05) is 13.8 Å². The summed E-state index contributed by atoms with van der Waals surface area (Å²) in [5.41, 5.74) is 0.355. The molecule has 2 N–H and O–H groups in total. The number of halogens is 2. The first-order valence-electron chi connectivity index (χ1n) is 6.44. The molecule has 0 aliphatic heterocycles. The van der Waals surface area contributed by atoms with Crippen LogP contribution in [0.1, 0.15) is 44.7 Å². The van der Waals surface area contributed by atoms with Crippen molar-refractivity contribution < 1.29 is 13.9 Å². The average molecular weight is 257 g/mol. The maximum Gasteiger partial charge on any atom is 0.128 e. The van der Waals surface area contributed by atoms with Crippen molar-refractivity contribution in [2.45, 2.75) is 45.2 Å². The third-order valence-corrected chi connectivity index (χ3v) is 3.15. The quantitative estimate of drug-likeness (QED) is 0.786. The normalized spacial score (nSPS) is 14.5. The third kappa shape index (κ3) is 4.03. The van der Waals surface area contributed by atoms with Gasteiger partial charge in [0.1, 0.15) is 11.6 Å². The fourth-order valence-electron chi connectivity index (χ4n) is 2.05. The molecule has 0 spiro atoms. The monoisotopic (exact) mass is 257 g/mol. The van der Waals surface area contributed by atoms with Gasteiger partial charge in [0, 0.05) is 24.3 Å². The van der Waals surface area contributed by atoms with Crippen LogP contribution in [0, 0.1) is 11.6 Å². The van der Waals surface area contributed by atoms with E-state index in [4.69, 9.17) is 5.11 Å². The first kappa shape index (κ1) is 15.1. The van der Waals surface area contributed by atoms with Gasteiger partial charge in [0.05, 0.1) is 0 Å². The molecule has 0 saturated carbocycles. The summed E-state index contributed by atoms with van der Waals surface area (Å²) in [5.74, 6) is -0.823. The van der Waals surface area contributed by atoms with Crippen LogP contribution in [0.15, 0.2) is 18.2 Å². The average Bonchev–Trinajstić information content (AvgIpc) is 2.37. The molecule has 0 aliphatic rings. The van der Waals surface area contributed by atoms with Crippen molar-refractivity contribution in [1.82, 2.24) is 5.32 Å². The molecule has 4 heteroatoms. The summed E-state index contributed by atoms with van der Waals surface area (Å²) in [7, 11) is 0. The van der Waals surface area contributed by atoms with Crippen molar-refractivity contribution in [1.29, 1.82) is 0 Å². The molecular formula is C14H21F2NO. The highest BCUT2D eigenvalue weighted by molar-refractivity contribution is 5.22. The van der Waals surface area contributed by atoms with Crippen LogP contribution in [0.2, 0.25) is 0 Å². The molecular weight excluding hydrogens is 236 g/mol. The van der Waals surface area contributed by atoms with E-state index in [0.29, 0.717) is 18.4 Å². The summed E-state index contributed by atoms with van der Waals surface area (Å²) >= 11 is 0. The topological polar surface area (TPSA) is 32.3 Å². The number of aliphatic hydroxyl groups is 1. The minimum Gasteiger partial charge on any atom is -0.396 e. The van der Waals surface area contributed by atoms with Gasteiger partial charge in [0.25, 0.3) is 0 Å². The molecule has 0 saturated heterocycles. The summed E-state index contributed by atoms with van der Waals surface area (Å²) < 4.78 is 26.9. The lowest BCUT2D eigenvalue weighted by molar-refractivity contribution is 0.253. The lowest BCUT2D eigenvalue weighted by Gasteiger charge is -2.24. The molecule has 18 heavy (non-hydrogen) atoms. The molecule has 0 amide bonds. The van der Waals surface area contributed by atoms with E-state index < -0.39 is 11.6 Å². The van der Waals surface area contributed by atoms with Gasteiger partial charge in [0.15, 0.2) is 0 Å². The van der Waals surface area contributed by atoms with Gasteiger partial charge in [-0.15, -0.1) is 0 Å². The summed E-state index contributed by atoms with van der Waals surface area (Å²) in [6.07, 6.45) is 2.13. The van der Waals surface area contributed by atoms with Crippen molar-refractivity contribution >= 4 is 0 Å². The Kier molecular flexibility index (Phi) is 6.22. The number of nitrogens with one attached hydrogen (secondary N) is 1. The van der Waals surface area contributed by atoms with Crippen molar-refractivity contribution in [2.75, 3.05) is 6.61 Å². The van der Waals surface area contributed by atoms with Crippen molar-refractivity contribution in [3.05, 3.63) is 35.4 Å². The van der Waals surface area contributed by atoms with E-state index in [-0.39, 0.29) is 18.7 Å². The molecule has 102 valence electrons. The Hall–Kier alpha value is -1.00. The van der Waals surface area contributed by atoms with Crippen LogP contribution in [0.5, 0.6) is 0 Å². The molecule has 1 aromatic carbocycles. The zero-order valence-electron chi connectivity index (χ0n) is 10.9. The predicted octanol–water partition coefficient (Wildman–Crippen LogP) is 3.17. The van der Waals surface area contributed by atoms with Crippen LogP contribution >= 0.6 is 0 Å². The molecule has 0 aliphatic carbocycles. The van der Waals surface area contributed by atoms with Crippen molar-refractivity contribution in [3.8, 4) is 0 Å². The smallest absolute Gasteiger partial charge is 0.128 e. The summed E-state index contributed by atoms with van der Waals surface area (Å²) in [6, 6.07) is 3.40. The van der Waals surface area contributed by atoms with Crippen molar-refractivity contribution in [2.24, 2.45) is 0 Å². The Bertz CT molecular complexity index is 371. The van der Waals surface area contributed by atoms with Gasteiger partial charge in [-0.3, -0.25) is 0 Å². The van der Waals surface area contributed by atoms with Crippen LogP contribution in [0.4, 0.5) is 8.78 Å². The van der Waals surface area contributed by atoms with Gasteiger partial charge in [-0.05, 0) is 37.5 Å². The zero-order valence-corrected chi connectivity index (χ0v) is 10.9. The Balaban J connectivity index is 2.84. The Labute approximate surface area is 107 Å². The molecule has 0 fully saturated rings.